The van der Waals surface area contributed by atoms with Gasteiger partial charge in [-0.05, 0) is 61.1 Å². The normalized spacial score (nSPS) is 11.9. The Morgan fingerprint density at radius 1 is 0.840 bits per heavy atom. The van der Waals surface area contributed by atoms with Gasteiger partial charge in [0.15, 0.2) is 5.65 Å². The molecule has 4 heterocycles. The molecule has 8 aromatic rings. The number of nitrogens with zero attached hydrogens (tertiary/aromatic N) is 6. The predicted molar refractivity (Wildman–Crippen MR) is 198 cm³/mol. The van der Waals surface area contributed by atoms with E-state index in [-0.39, 0.29) is 11.6 Å². The molecule has 8 rings (SSSR count). The maximum Gasteiger partial charge on any atom is 0.343 e. The average molecular weight is 662 g/mol. The summed E-state index contributed by atoms with van der Waals surface area (Å²) in [5.74, 6) is 0.662. The van der Waals surface area contributed by atoms with Gasteiger partial charge in [-0.25, -0.2) is 19.4 Å². The quantitative estimate of drug-likeness (QED) is 0.186. The van der Waals surface area contributed by atoms with Crippen LogP contribution in [-0.4, -0.2) is 48.8 Å². The monoisotopic (exact) mass is 661 g/mol. The Hall–Kier alpha value is -6.39. The minimum atomic E-state index is -0.569. The molecule has 0 spiro atoms. The second kappa shape index (κ2) is 13.6. The number of fused-ring (bicyclic) bond motifs is 3. The van der Waals surface area contributed by atoms with Gasteiger partial charge in [0.05, 0.1) is 17.0 Å². The topological polar surface area (TPSA) is 136 Å². The van der Waals surface area contributed by atoms with Crippen LogP contribution in [0.4, 0.5) is 5.82 Å². The molecular weight excluding hydrogens is 626 g/mol. The summed E-state index contributed by atoms with van der Waals surface area (Å²) in [6.45, 7) is 2.66. The number of nitrogens with two attached hydrogens (primary N) is 1. The first-order valence-corrected chi connectivity index (χ1v) is 16.1. The number of hydrogen-bond donors (Lipinski definition) is 2. The van der Waals surface area contributed by atoms with Crippen LogP contribution in [0.1, 0.15) is 24.3 Å². The summed E-state index contributed by atoms with van der Waals surface area (Å²) >= 11 is 0. The highest BCUT2D eigenvalue weighted by molar-refractivity contribution is 5.99. The first-order chi connectivity index (χ1) is 24.3. The number of benzene rings is 4. The molecule has 0 fully saturated rings. The highest BCUT2D eigenvalue weighted by atomic mass is 16.4. The van der Waals surface area contributed by atoms with Gasteiger partial charge in [-0.15, -0.1) is 0 Å². The Labute approximate surface area is 288 Å². The van der Waals surface area contributed by atoms with Crippen LogP contribution in [0.5, 0.6) is 5.75 Å². The van der Waals surface area contributed by atoms with Crippen molar-refractivity contribution in [2.75, 3.05) is 19.8 Å². The van der Waals surface area contributed by atoms with Gasteiger partial charge < -0.3 is 20.2 Å². The Balaban J connectivity index is 0.000000334. The van der Waals surface area contributed by atoms with Crippen molar-refractivity contribution in [3.63, 3.8) is 0 Å². The summed E-state index contributed by atoms with van der Waals surface area (Å²) < 4.78 is 7.75. The van der Waals surface area contributed by atoms with Gasteiger partial charge in [0.1, 0.15) is 35.4 Å². The third-order valence-corrected chi connectivity index (χ3v) is 8.50. The first kappa shape index (κ1) is 32.2. The van der Waals surface area contributed by atoms with Gasteiger partial charge in [-0.3, -0.25) is 4.98 Å². The van der Waals surface area contributed by atoms with Crippen molar-refractivity contribution in [1.29, 1.82) is 0 Å². The summed E-state index contributed by atoms with van der Waals surface area (Å²) in [7, 11) is 4.04. The molecule has 0 saturated heterocycles. The molecule has 4 aromatic heterocycles. The second-order valence-electron chi connectivity index (χ2n) is 12.3. The van der Waals surface area contributed by atoms with Crippen LogP contribution >= 0.6 is 0 Å². The van der Waals surface area contributed by atoms with Crippen molar-refractivity contribution in [1.82, 2.24) is 29.6 Å². The standard InChI is InChI=1S/C30H27N7O3.C10H8/c1-17(37-29-25(28(31)33-16-34-29)26(35-37)20-12-21(38)14-32-13-20)27-24(19-8-6-7-18(11-19)15-36(2)3)22-9-4-5-10-23(22)30(39)40-27;1-2-6-10-8-4-3-7-9(10)5-1/h4-14,16-17,38H,15H2,1-3H3,(H2,31,33,34);1-8H. The summed E-state index contributed by atoms with van der Waals surface area (Å²) in [4.78, 5) is 28.1. The number of nitrogen functional groups attached to an aromatic ring is 1. The Kier molecular flexibility index (Phi) is 8.76. The fourth-order valence-electron chi connectivity index (χ4n) is 6.27. The third kappa shape index (κ3) is 6.27. The average Bonchev–Trinajstić information content (AvgIpc) is 3.53. The molecule has 50 heavy (non-hydrogen) atoms. The maximum atomic E-state index is 13.2. The minimum Gasteiger partial charge on any atom is -0.506 e. The van der Waals surface area contributed by atoms with E-state index in [1.54, 1.807) is 23.0 Å². The van der Waals surface area contributed by atoms with Crippen LogP contribution < -0.4 is 11.4 Å². The van der Waals surface area contributed by atoms with Crippen molar-refractivity contribution in [2.45, 2.75) is 19.5 Å². The van der Waals surface area contributed by atoms with E-state index in [0.29, 0.717) is 33.4 Å². The van der Waals surface area contributed by atoms with Gasteiger partial charge in [0.2, 0.25) is 0 Å². The van der Waals surface area contributed by atoms with Crippen molar-refractivity contribution >= 4 is 38.4 Å². The van der Waals surface area contributed by atoms with Crippen molar-refractivity contribution in [3.8, 4) is 28.1 Å². The van der Waals surface area contributed by atoms with Crippen LogP contribution in [0.2, 0.25) is 0 Å². The lowest BCUT2D eigenvalue weighted by molar-refractivity contribution is 0.402. The zero-order chi connectivity index (χ0) is 34.8. The number of anilines is 1. The zero-order valence-electron chi connectivity index (χ0n) is 27.9. The first-order valence-electron chi connectivity index (χ1n) is 16.1. The SMILES string of the molecule is CC(c1oc(=O)c2ccccc2c1-c1cccc(CN(C)C)c1)n1nc(-c2cncc(O)c2)c2c(N)ncnc21.c1ccc2ccccc2c1. The predicted octanol–water partition coefficient (Wildman–Crippen LogP) is 7.46. The van der Waals surface area contributed by atoms with E-state index in [2.05, 4.69) is 80.5 Å². The van der Waals surface area contributed by atoms with Gasteiger partial charge >= 0.3 is 5.63 Å². The Morgan fingerprint density at radius 3 is 2.20 bits per heavy atom. The fraction of sp³-hybridized carbons (Fsp3) is 0.125. The molecule has 3 N–H and O–H groups in total. The largest absolute Gasteiger partial charge is 0.506 e. The van der Waals surface area contributed by atoms with E-state index in [1.807, 2.05) is 51.4 Å². The van der Waals surface area contributed by atoms with Crippen LogP contribution in [0.15, 0.2) is 131 Å². The summed E-state index contributed by atoms with van der Waals surface area (Å²) in [5.41, 5.74) is 10.2. The fourth-order valence-corrected chi connectivity index (χ4v) is 6.27. The molecule has 0 aliphatic carbocycles. The van der Waals surface area contributed by atoms with Gasteiger partial charge in [-0.1, -0.05) is 84.9 Å². The second-order valence-corrected chi connectivity index (χ2v) is 12.3. The van der Waals surface area contributed by atoms with Crippen LogP contribution in [0.25, 0.3) is 55.0 Å². The minimum absolute atomic E-state index is 0.0101. The van der Waals surface area contributed by atoms with E-state index >= 15 is 0 Å². The maximum absolute atomic E-state index is 13.2. The summed E-state index contributed by atoms with van der Waals surface area (Å²) in [5, 5.41) is 19.3. The molecule has 0 saturated carbocycles. The molecule has 10 nitrogen and oxygen atoms in total. The lowest BCUT2D eigenvalue weighted by atomic mass is 9.94. The molecule has 1 atom stereocenters. The Bertz CT molecular complexity index is 2480. The lowest BCUT2D eigenvalue weighted by Gasteiger charge is -2.19. The highest BCUT2D eigenvalue weighted by Crippen LogP contribution is 2.38. The molecule has 0 amide bonds. The lowest BCUT2D eigenvalue weighted by Crippen LogP contribution is -2.15. The van der Waals surface area contributed by atoms with Gasteiger partial charge in [0, 0.05) is 29.3 Å². The zero-order valence-corrected chi connectivity index (χ0v) is 27.9. The van der Waals surface area contributed by atoms with E-state index in [4.69, 9.17) is 15.2 Å². The molecule has 248 valence electrons. The number of aromatic hydroxyl groups is 1. The van der Waals surface area contributed by atoms with E-state index in [1.165, 1.54) is 23.3 Å². The van der Waals surface area contributed by atoms with Crippen LogP contribution in [0.3, 0.4) is 0 Å². The molecule has 1 unspecified atom stereocenters. The smallest absolute Gasteiger partial charge is 0.343 e. The summed E-state index contributed by atoms with van der Waals surface area (Å²) in [6.07, 6.45) is 4.29. The molecule has 10 heteroatoms. The molecular formula is C40H35N7O3. The molecule has 0 bridgehead atoms. The molecule has 0 aliphatic heterocycles. The van der Waals surface area contributed by atoms with E-state index in [0.717, 1.165) is 28.6 Å². The van der Waals surface area contributed by atoms with Crippen molar-refractivity contribution < 1.29 is 9.52 Å². The number of aromatic nitrogens is 5. The number of rotatable bonds is 6. The van der Waals surface area contributed by atoms with Crippen molar-refractivity contribution in [3.05, 3.63) is 144 Å². The highest BCUT2D eigenvalue weighted by Gasteiger charge is 2.27. The third-order valence-electron chi connectivity index (χ3n) is 8.50. The van der Waals surface area contributed by atoms with Crippen LogP contribution in [-0.2, 0) is 6.54 Å². The number of pyridine rings is 1. The summed E-state index contributed by atoms with van der Waals surface area (Å²) in [6, 6.07) is 33.3. The van der Waals surface area contributed by atoms with Gasteiger partial charge in [0.25, 0.3) is 0 Å². The molecule has 0 aliphatic rings. The van der Waals surface area contributed by atoms with Crippen LogP contribution in [0, 0.1) is 0 Å². The van der Waals surface area contributed by atoms with E-state index < -0.39 is 11.7 Å². The number of hydrogen-bond acceptors (Lipinski definition) is 9. The van der Waals surface area contributed by atoms with Gasteiger partial charge in [-0.2, -0.15) is 5.10 Å². The molecule has 4 aromatic carbocycles. The Morgan fingerprint density at radius 2 is 1.52 bits per heavy atom. The molecule has 0 radical (unpaired) electrons. The van der Waals surface area contributed by atoms with Crippen molar-refractivity contribution in [2.24, 2.45) is 0 Å². The van der Waals surface area contributed by atoms with E-state index in [9.17, 15) is 9.90 Å².